The van der Waals surface area contributed by atoms with Crippen molar-refractivity contribution < 1.29 is 14.3 Å². The topological polar surface area (TPSA) is 35.5 Å². The monoisotopic (exact) mass is 342 g/mol. The van der Waals surface area contributed by atoms with Gasteiger partial charge in [0.15, 0.2) is 0 Å². The fourth-order valence-electron chi connectivity index (χ4n) is 6.43. The van der Waals surface area contributed by atoms with Gasteiger partial charge in [-0.1, -0.05) is 19.9 Å². The van der Waals surface area contributed by atoms with Gasteiger partial charge in [0.05, 0.1) is 7.11 Å². The van der Waals surface area contributed by atoms with E-state index in [2.05, 4.69) is 32.0 Å². The van der Waals surface area contributed by atoms with Crippen molar-refractivity contribution in [1.82, 2.24) is 0 Å². The molecule has 3 aliphatic rings. The molecule has 3 aliphatic carbocycles. The Bertz CT molecular complexity index is 682. The SMILES string of the molecule is COc1ccc2c(c1)CC(C)C1C2CC[C@@]2(C)C1CC[C@@H]2OC(C)=O. The van der Waals surface area contributed by atoms with E-state index >= 15 is 0 Å². The van der Waals surface area contributed by atoms with Crippen LogP contribution in [0.15, 0.2) is 18.2 Å². The Morgan fingerprint density at radius 3 is 2.76 bits per heavy atom. The average molecular weight is 342 g/mol. The molecule has 0 N–H and O–H groups in total. The van der Waals surface area contributed by atoms with Crippen LogP contribution in [0.5, 0.6) is 5.75 Å². The quantitative estimate of drug-likeness (QED) is 0.729. The smallest absolute Gasteiger partial charge is 0.302 e. The summed E-state index contributed by atoms with van der Waals surface area (Å²) in [7, 11) is 1.75. The molecule has 3 nitrogen and oxygen atoms in total. The lowest BCUT2D eigenvalue weighted by Gasteiger charge is -2.52. The fraction of sp³-hybridized carbons (Fsp3) is 0.682. The molecule has 0 aliphatic heterocycles. The molecule has 0 aromatic heterocycles. The number of fused-ring (bicyclic) bond motifs is 5. The molecule has 1 aromatic rings. The van der Waals surface area contributed by atoms with Gasteiger partial charge in [0.1, 0.15) is 11.9 Å². The molecule has 6 atom stereocenters. The highest BCUT2D eigenvalue weighted by Gasteiger charge is 2.57. The van der Waals surface area contributed by atoms with Gasteiger partial charge in [0.2, 0.25) is 0 Å². The lowest BCUT2D eigenvalue weighted by atomic mass is 9.53. The van der Waals surface area contributed by atoms with Crippen molar-refractivity contribution in [2.24, 2.45) is 23.2 Å². The molecule has 2 saturated carbocycles. The molecular weight excluding hydrogens is 312 g/mol. The summed E-state index contributed by atoms with van der Waals surface area (Å²) in [5, 5.41) is 0. The van der Waals surface area contributed by atoms with Crippen molar-refractivity contribution in [1.29, 1.82) is 0 Å². The second-order valence-corrected chi connectivity index (χ2v) is 8.76. The molecule has 0 amide bonds. The van der Waals surface area contributed by atoms with Crippen LogP contribution in [-0.2, 0) is 16.0 Å². The van der Waals surface area contributed by atoms with E-state index < -0.39 is 0 Å². The van der Waals surface area contributed by atoms with Gasteiger partial charge in [-0.2, -0.15) is 0 Å². The van der Waals surface area contributed by atoms with Crippen molar-refractivity contribution in [3.63, 3.8) is 0 Å². The highest BCUT2D eigenvalue weighted by molar-refractivity contribution is 5.66. The summed E-state index contributed by atoms with van der Waals surface area (Å²) < 4.78 is 11.2. The van der Waals surface area contributed by atoms with Crippen molar-refractivity contribution in [2.75, 3.05) is 7.11 Å². The summed E-state index contributed by atoms with van der Waals surface area (Å²) in [5.41, 5.74) is 3.18. The lowest BCUT2D eigenvalue weighted by molar-refractivity contribution is -0.155. The van der Waals surface area contributed by atoms with Crippen LogP contribution in [0.4, 0.5) is 0 Å². The molecule has 0 spiro atoms. The van der Waals surface area contributed by atoms with Gasteiger partial charge in [0.25, 0.3) is 0 Å². The largest absolute Gasteiger partial charge is 0.497 e. The van der Waals surface area contributed by atoms with Gasteiger partial charge >= 0.3 is 5.97 Å². The summed E-state index contributed by atoms with van der Waals surface area (Å²) in [5.74, 6) is 3.55. The summed E-state index contributed by atoms with van der Waals surface area (Å²) in [4.78, 5) is 11.6. The number of hydrogen-bond donors (Lipinski definition) is 0. The lowest BCUT2D eigenvalue weighted by Crippen LogP contribution is -2.47. The first-order chi connectivity index (χ1) is 11.9. The molecule has 4 unspecified atom stereocenters. The zero-order chi connectivity index (χ0) is 17.8. The number of esters is 1. The molecule has 2 fully saturated rings. The number of benzene rings is 1. The first kappa shape index (κ1) is 16.9. The van der Waals surface area contributed by atoms with E-state index in [0.717, 1.165) is 25.0 Å². The molecule has 25 heavy (non-hydrogen) atoms. The van der Waals surface area contributed by atoms with Crippen LogP contribution in [-0.4, -0.2) is 19.2 Å². The Labute approximate surface area is 151 Å². The Hall–Kier alpha value is -1.51. The number of hydrogen-bond acceptors (Lipinski definition) is 3. The van der Waals surface area contributed by atoms with Crippen LogP contribution in [0, 0.1) is 23.2 Å². The van der Waals surface area contributed by atoms with E-state index in [1.54, 1.807) is 19.6 Å². The van der Waals surface area contributed by atoms with Gasteiger partial charge in [-0.15, -0.1) is 0 Å². The van der Waals surface area contributed by atoms with Crippen LogP contribution in [0.2, 0.25) is 0 Å². The summed E-state index contributed by atoms with van der Waals surface area (Å²) in [6.45, 7) is 6.35. The van der Waals surface area contributed by atoms with Gasteiger partial charge in [-0.25, -0.2) is 0 Å². The first-order valence-corrected chi connectivity index (χ1v) is 9.78. The first-order valence-electron chi connectivity index (χ1n) is 9.78. The van der Waals surface area contributed by atoms with Crippen molar-refractivity contribution in [3.8, 4) is 5.75 Å². The van der Waals surface area contributed by atoms with Gasteiger partial charge in [-0.05, 0) is 79.0 Å². The molecule has 4 rings (SSSR count). The van der Waals surface area contributed by atoms with Gasteiger partial charge < -0.3 is 9.47 Å². The predicted octanol–water partition coefficient (Wildman–Crippen LogP) is 4.73. The fourth-order valence-corrected chi connectivity index (χ4v) is 6.43. The third kappa shape index (κ3) is 2.58. The maximum atomic E-state index is 11.6. The second-order valence-electron chi connectivity index (χ2n) is 8.76. The number of rotatable bonds is 2. The number of methoxy groups -OCH3 is 1. The number of carbonyl (C=O) groups excluding carboxylic acids is 1. The summed E-state index contributed by atoms with van der Waals surface area (Å²) in [6, 6.07) is 6.67. The van der Waals surface area contributed by atoms with Crippen LogP contribution >= 0.6 is 0 Å². The zero-order valence-corrected chi connectivity index (χ0v) is 15.9. The predicted molar refractivity (Wildman–Crippen MR) is 97.7 cm³/mol. The molecule has 1 aromatic carbocycles. The summed E-state index contributed by atoms with van der Waals surface area (Å²) >= 11 is 0. The average Bonchev–Trinajstić information content (AvgIpc) is 2.90. The molecule has 0 radical (unpaired) electrons. The Balaban J connectivity index is 1.66. The molecule has 3 heteroatoms. The van der Waals surface area contributed by atoms with E-state index in [0.29, 0.717) is 23.7 Å². The van der Waals surface area contributed by atoms with Crippen molar-refractivity contribution in [2.45, 2.75) is 64.9 Å². The normalized spacial score (nSPS) is 39.1. The maximum absolute atomic E-state index is 11.6. The molecule has 0 bridgehead atoms. The van der Waals surface area contributed by atoms with Crippen molar-refractivity contribution >= 4 is 5.97 Å². The maximum Gasteiger partial charge on any atom is 0.302 e. The van der Waals surface area contributed by atoms with Crippen LogP contribution in [0.3, 0.4) is 0 Å². The van der Waals surface area contributed by atoms with E-state index in [1.807, 2.05) is 0 Å². The Morgan fingerprint density at radius 1 is 1.24 bits per heavy atom. The molecule has 0 heterocycles. The van der Waals surface area contributed by atoms with E-state index in [1.165, 1.54) is 18.4 Å². The zero-order valence-electron chi connectivity index (χ0n) is 15.9. The third-order valence-electron chi connectivity index (χ3n) is 7.50. The minimum Gasteiger partial charge on any atom is -0.497 e. The highest BCUT2D eigenvalue weighted by Crippen LogP contribution is 2.62. The minimum absolute atomic E-state index is 0.111. The minimum atomic E-state index is -0.122. The molecular formula is C22H30O3. The van der Waals surface area contributed by atoms with E-state index in [4.69, 9.17) is 9.47 Å². The number of ether oxygens (including phenoxy) is 2. The number of carbonyl (C=O) groups is 1. The van der Waals surface area contributed by atoms with Crippen molar-refractivity contribution in [3.05, 3.63) is 29.3 Å². The van der Waals surface area contributed by atoms with E-state index in [-0.39, 0.29) is 17.5 Å². The van der Waals surface area contributed by atoms with Crippen LogP contribution in [0.25, 0.3) is 0 Å². The van der Waals surface area contributed by atoms with Gasteiger partial charge in [-0.3, -0.25) is 4.79 Å². The van der Waals surface area contributed by atoms with Gasteiger partial charge in [0, 0.05) is 12.3 Å². The van der Waals surface area contributed by atoms with Crippen LogP contribution in [0.1, 0.15) is 63.5 Å². The Kier molecular flexibility index (Phi) is 4.09. The molecule has 0 saturated heterocycles. The highest BCUT2D eigenvalue weighted by atomic mass is 16.5. The van der Waals surface area contributed by atoms with E-state index in [9.17, 15) is 4.79 Å². The summed E-state index contributed by atoms with van der Waals surface area (Å²) in [6.07, 6.45) is 5.85. The standard InChI is InChI=1S/C22H30O3/c1-13-11-15-12-16(24-4)5-6-17(15)18-9-10-22(3)19(21(13)18)7-8-20(22)25-14(2)23/h5-6,12-13,18-21H,7-11H2,1-4H3/t13?,18?,19?,20-,21?,22-/m0/s1. The second kappa shape index (κ2) is 6.03. The van der Waals surface area contributed by atoms with Crippen LogP contribution < -0.4 is 4.74 Å². The molecule has 136 valence electrons. The third-order valence-corrected chi connectivity index (χ3v) is 7.50. The Morgan fingerprint density at radius 2 is 2.04 bits per heavy atom.